The zero-order valence-electron chi connectivity index (χ0n) is 13.2. The summed E-state index contributed by atoms with van der Waals surface area (Å²) in [6.45, 7) is 1.74. The molecule has 3 aromatic rings. The Morgan fingerprint density at radius 3 is 2.62 bits per heavy atom. The van der Waals surface area contributed by atoms with Crippen molar-refractivity contribution in [2.75, 3.05) is 6.61 Å². The van der Waals surface area contributed by atoms with E-state index in [0.29, 0.717) is 0 Å². The molecule has 0 unspecified atom stereocenters. The fourth-order valence-electron chi connectivity index (χ4n) is 2.05. The lowest BCUT2D eigenvalue weighted by atomic mass is 10.4. The number of fused-ring (bicyclic) bond motifs is 1. The van der Waals surface area contributed by atoms with Gasteiger partial charge in [-0.05, 0) is 6.92 Å². The smallest absolute Gasteiger partial charge is 0.453 e. The van der Waals surface area contributed by atoms with Gasteiger partial charge in [0.05, 0.1) is 24.3 Å². The van der Waals surface area contributed by atoms with E-state index in [2.05, 4.69) is 25.0 Å². The number of nitrogens with zero attached hydrogens (tertiary/aromatic N) is 6. The maximum absolute atomic E-state index is 12.8. The molecule has 3 heterocycles. The zero-order chi connectivity index (χ0) is 18.9. The third-order valence-corrected chi connectivity index (χ3v) is 4.60. The Hall–Kier alpha value is -2.83. The van der Waals surface area contributed by atoms with Crippen molar-refractivity contribution in [3.63, 3.8) is 0 Å². The molecule has 0 aromatic carbocycles. The van der Waals surface area contributed by atoms with E-state index in [0.717, 1.165) is 10.7 Å². The van der Waals surface area contributed by atoms with E-state index in [1.54, 1.807) is 6.92 Å². The van der Waals surface area contributed by atoms with Crippen molar-refractivity contribution in [1.29, 1.82) is 0 Å². The van der Waals surface area contributed by atoms with E-state index in [1.165, 1.54) is 18.5 Å². The predicted molar refractivity (Wildman–Crippen MR) is 79.9 cm³/mol. The van der Waals surface area contributed by atoms with Crippen LogP contribution < -0.4 is 4.74 Å². The maximum atomic E-state index is 12.8. The van der Waals surface area contributed by atoms with Crippen LogP contribution in [-0.2, 0) is 21.8 Å². The first-order valence-electron chi connectivity index (χ1n) is 7.16. The van der Waals surface area contributed by atoms with Crippen molar-refractivity contribution in [3.05, 3.63) is 36.2 Å². The lowest BCUT2D eigenvalue weighted by molar-refractivity contribution is -0.144. The standard InChI is InChI=1S/C13H11F3N6O3S/c1-2-25-10-5-8(7-26(23,24)9-6-17-3-4-18-9)19-12-20-11(13(14,15)16)21-22(10)12/h3-6H,2,7H2,1H3. The van der Waals surface area contributed by atoms with Gasteiger partial charge < -0.3 is 4.74 Å². The highest BCUT2D eigenvalue weighted by Crippen LogP contribution is 2.28. The topological polar surface area (TPSA) is 112 Å². The Balaban J connectivity index is 2.06. The quantitative estimate of drug-likeness (QED) is 0.643. The molecule has 0 N–H and O–H groups in total. The van der Waals surface area contributed by atoms with Crippen molar-refractivity contribution >= 4 is 15.6 Å². The number of sulfone groups is 1. The number of alkyl halides is 3. The summed E-state index contributed by atoms with van der Waals surface area (Å²) in [7, 11) is -3.91. The summed E-state index contributed by atoms with van der Waals surface area (Å²) in [5.74, 6) is -2.55. The molecule has 3 aromatic heterocycles. The van der Waals surface area contributed by atoms with Crippen LogP contribution in [0.2, 0.25) is 0 Å². The van der Waals surface area contributed by atoms with Crippen LogP contribution in [0.4, 0.5) is 13.2 Å². The third-order valence-electron chi connectivity index (χ3n) is 3.07. The molecule has 0 radical (unpaired) electrons. The van der Waals surface area contributed by atoms with Crippen molar-refractivity contribution in [3.8, 4) is 5.88 Å². The average molecular weight is 388 g/mol. The van der Waals surface area contributed by atoms with Crippen LogP contribution in [0.15, 0.2) is 29.7 Å². The maximum Gasteiger partial charge on any atom is 0.453 e. The van der Waals surface area contributed by atoms with Gasteiger partial charge in [0.15, 0.2) is 5.03 Å². The molecule has 0 aliphatic carbocycles. The van der Waals surface area contributed by atoms with E-state index >= 15 is 0 Å². The van der Waals surface area contributed by atoms with Crippen LogP contribution in [0.3, 0.4) is 0 Å². The van der Waals surface area contributed by atoms with Gasteiger partial charge in [-0.2, -0.15) is 22.7 Å². The number of aromatic nitrogens is 6. The number of hydrogen-bond donors (Lipinski definition) is 0. The Bertz CT molecular complexity index is 1040. The van der Waals surface area contributed by atoms with Gasteiger partial charge in [0.2, 0.25) is 15.7 Å². The fraction of sp³-hybridized carbons (Fsp3) is 0.308. The molecule has 9 nitrogen and oxygen atoms in total. The average Bonchev–Trinajstić information content (AvgIpc) is 3.00. The minimum atomic E-state index is -4.77. The van der Waals surface area contributed by atoms with Gasteiger partial charge in [-0.1, -0.05) is 0 Å². The van der Waals surface area contributed by atoms with Crippen LogP contribution in [0.25, 0.3) is 5.78 Å². The Morgan fingerprint density at radius 1 is 1.23 bits per heavy atom. The lowest BCUT2D eigenvalue weighted by Gasteiger charge is -2.07. The number of halogens is 3. The number of ether oxygens (including phenoxy) is 1. The molecule has 0 aliphatic rings. The molecule has 0 saturated heterocycles. The van der Waals surface area contributed by atoms with E-state index in [1.807, 2.05) is 0 Å². The molecular formula is C13H11F3N6O3S. The van der Waals surface area contributed by atoms with Gasteiger partial charge in [0, 0.05) is 18.5 Å². The molecule has 138 valence electrons. The first kappa shape index (κ1) is 18.0. The summed E-state index contributed by atoms with van der Waals surface area (Å²) in [5, 5.41) is 3.04. The van der Waals surface area contributed by atoms with Crippen LogP contribution in [0, 0.1) is 0 Å². The highest BCUT2D eigenvalue weighted by atomic mass is 32.2. The SMILES string of the molecule is CCOc1cc(CS(=O)(=O)c2cnccn2)nc2nc(C(F)(F)F)nn12. The summed E-state index contributed by atoms with van der Waals surface area (Å²) >= 11 is 0. The summed E-state index contributed by atoms with van der Waals surface area (Å²) in [6.07, 6.45) is -1.19. The van der Waals surface area contributed by atoms with Gasteiger partial charge in [-0.25, -0.2) is 18.4 Å². The van der Waals surface area contributed by atoms with Crippen molar-refractivity contribution in [1.82, 2.24) is 29.5 Å². The summed E-state index contributed by atoms with van der Waals surface area (Å²) in [4.78, 5) is 14.5. The molecule has 0 atom stereocenters. The normalized spacial score (nSPS) is 12.5. The van der Waals surface area contributed by atoms with Gasteiger partial charge in [0.25, 0.3) is 11.6 Å². The van der Waals surface area contributed by atoms with E-state index in [-0.39, 0.29) is 23.2 Å². The second-order valence-electron chi connectivity index (χ2n) is 4.97. The molecule has 0 fully saturated rings. The first-order valence-corrected chi connectivity index (χ1v) is 8.81. The van der Waals surface area contributed by atoms with Gasteiger partial charge in [-0.15, -0.1) is 5.10 Å². The van der Waals surface area contributed by atoms with Crippen LogP contribution >= 0.6 is 0 Å². The van der Waals surface area contributed by atoms with E-state index < -0.39 is 33.4 Å². The summed E-state index contributed by atoms with van der Waals surface area (Å²) in [6, 6.07) is 1.19. The predicted octanol–water partition coefficient (Wildman–Crippen LogP) is 1.31. The molecular weight excluding hydrogens is 377 g/mol. The Kier molecular flexibility index (Phi) is 4.48. The highest BCUT2D eigenvalue weighted by molar-refractivity contribution is 7.90. The molecule has 0 saturated carbocycles. The molecule has 0 amide bonds. The lowest BCUT2D eigenvalue weighted by Crippen LogP contribution is -2.11. The molecule has 13 heteroatoms. The Morgan fingerprint density at radius 2 is 2.00 bits per heavy atom. The van der Waals surface area contributed by atoms with Crippen molar-refractivity contribution < 1.29 is 26.3 Å². The zero-order valence-corrected chi connectivity index (χ0v) is 14.0. The van der Waals surface area contributed by atoms with Gasteiger partial charge in [0.1, 0.15) is 0 Å². The minimum absolute atomic E-state index is 0.0623. The highest BCUT2D eigenvalue weighted by Gasteiger charge is 2.37. The van der Waals surface area contributed by atoms with Crippen LogP contribution in [0.5, 0.6) is 5.88 Å². The van der Waals surface area contributed by atoms with Crippen LogP contribution in [0.1, 0.15) is 18.4 Å². The minimum Gasteiger partial charge on any atom is -0.478 e. The van der Waals surface area contributed by atoms with Crippen molar-refractivity contribution in [2.45, 2.75) is 23.9 Å². The van der Waals surface area contributed by atoms with Gasteiger partial charge in [-0.3, -0.25) is 4.98 Å². The largest absolute Gasteiger partial charge is 0.478 e. The van der Waals surface area contributed by atoms with E-state index in [9.17, 15) is 21.6 Å². The molecule has 0 bridgehead atoms. The summed E-state index contributed by atoms with van der Waals surface area (Å²) in [5.41, 5.74) is -0.0623. The monoisotopic (exact) mass is 388 g/mol. The van der Waals surface area contributed by atoms with Gasteiger partial charge >= 0.3 is 6.18 Å². The van der Waals surface area contributed by atoms with Crippen LogP contribution in [-0.4, -0.2) is 44.6 Å². The summed E-state index contributed by atoms with van der Waals surface area (Å²) < 4.78 is 69.2. The second-order valence-corrected chi connectivity index (χ2v) is 6.90. The third kappa shape index (κ3) is 3.56. The van der Waals surface area contributed by atoms with Crippen molar-refractivity contribution in [2.24, 2.45) is 0 Å². The molecule has 26 heavy (non-hydrogen) atoms. The molecule has 0 spiro atoms. The van der Waals surface area contributed by atoms with E-state index in [4.69, 9.17) is 4.74 Å². The number of hydrogen-bond acceptors (Lipinski definition) is 8. The Labute approximate surface area is 144 Å². The number of rotatable bonds is 5. The molecule has 0 aliphatic heterocycles. The fourth-order valence-corrected chi connectivity index (χ4v) is 3.18. The molecule has 3 rings (SSSR count). The first-order chi connectivity index (χ1) is 12.2. The second kappa shape index (κ2) is 6.48.